The van der Waals surface area contributed by atoms with E-state index in [0.29, 0.717) is 28.2 Å². The van der Waals surface area contributed by atoms with Gasteiger partial charge in [0.25, 0.3) is 5.56 Å². The molecule has 0 saturated carbocycles. The van der Waals surface area contributed by atoms with Crippen molar-refractivity contribution in [2.75, 3.05) is 6.61 Å². The average Bonchev–Trinajstić information content (AvgIpc) is 3.07. The van der Waals surface area contributed by atoms with E-state index < -0.39 is 0 Å². The second-order valence-corrected chi connectivity index (χ2v) is 7.88. The SMILES string of the molecule is CCCCOc1ccc2c(=O)nc3c(Sc4ccc(C)cc4C)n[nH]n3c2c1. The Morgan fingerprint density at radius 2 is 2.04 bits per heavy atom. The first-order valence-electron chi connectivity index (χ1n) is 9.35. The Morgan fingerprint density at radius 3 is 2.82 bits per heavy atom. The molecule has 0 saturated heterocycles. The highest BCUT2D eigenvalue weighted by Gasteiger charge is 2.15. The van der Waals surface area contributed by atoms with Gasteiger partial charge in [-0.3, -0.25) is 4.79 Å². The van der Waals surface area contributed by atoms with Crippen LogP contribution in [0.15, 0.2) is 51.1 Å². The second-order valence-electron chi connectivity index (χ2n) is 6.84. The molecule has 0 aliphatic heterocycles. The van der Waals surface area contributed by atoms with Gasteiger partial charge in [-0.15, -0.1) is 5.10 Å². The molecule has 4 aromatic rings. The minimum absolute atomic E-state index is 0.265. The van der Waals surface area contributed by atoms with Crippen molar-refractivity contribution in [2.24, 2.45) is 0 Å². The summed E-state index contributed by atoms with van der Waals surface area (Å²) >= 11 is 1.50. The molecule has 0 amide bonds. The van der Waals surface area contributed by atoms with Crippen LogP contribution in [-0.2, 0) is 0 Å². The van der Waals surface area contributed by atoms with Crippen LogP contribution in [0.4, 0.5) is 0 Å². The highest BCUT2D eigenvalue weighted by molar-refractivity contribution is 7.99. The number of rotatable bonds is 6. The van der Waals surface area contributed by atoms with Crippen molar-refractivity contribution in [1.82, 2.24) is 19.8 Å². The molecule has 0 spiro atoms. The van der Waals surface area contributed by atoms with Crippen molar-refractivity contribution < 1.29 is 4.74 Å². The van der Waals surface area contributed by atoms with Crippen LogP contribution in [0.25, 0.3) is 16.6 Å². The summed E-state index contributed by atoms with van der Waals surface area (Å²) in [6.07, 6.45) is 2.06. The number of fused-ring (bicyclic) bond motifs is 3. The molecule has 0 radical (unpaired) electrons. The summed E-state index contributed by atoms with van der Waals surface area (Å²) in [7, 11) is 0. The van der Waals surface area contributed by atoms with Crippen LogP contribution in [0.2, 0.25) is 0 Å². The average molecular weight is 395 g/mol. The lowest BCUT2D eigenvalue weighted by molar-refractivity contribution is 0.309. The predicted molar refractivity (Wildman–Crippen MR) is 112 cm³/mol. The number of ether oxygens (including phenoxy) is 1. The van der Waals surface area contributed by atoms with E-state index >= 15 is 0 Å². The maximum atomic E-state index is 12.6. The summed E-state index contributed by atoms with van der Waals surface area (Å²) < 4.78 is 7.54. The summed E-state index contributed by atoms with van der Waals surface area (Å²) in [6.45, 7) is 6.91. The molecule has 6 nitrogen and oxygen atoms in total. The van der Waals surface area contributed by atoms with Crippen LogP contribution in [0.1, 0.15) is 30.9 Å². The van der Waals surface area contributed by atoms with Crippen LogP contribution in [-0.4, -0.2) is 26.4 Å². The molecule has 0 unspecified atom stereocenters. The van der Waals surface area contributed by atoms with E-state index in [0.717, 1.165) is 23.5 Å². The lowest BCUT2D eigenvalue weighted by Crippen LogP contribution is -2.10. The summed E-state index contributed by atoms with van der Waals surface area (Å²) in [5.74, 6) is 0.735. The number of aromatic amines is 1. The number of benzene rings is 2. The zero-order valence-electron chi connectivity index (χ0n) is 16.2. The summed E-state index contributed by atoms with van der Waals surface area (Å²) in [4.78, 5) is 17.9. The molecule has 144 valence electrons. The van der Waals surface area contributed by atoms with Crippen LogP contribution >= 0.6 is 11.8 Å². The van der Waals surface area contributed by atoms with Gasteiger partial charge in [0.15, 0.2) is 10.7 Å². The third-order valence-corrected chi connectivity index (χ3v) is 5.75. The third-order valence-electron chi connectivity index (χ3n) is 4.61. The van der Waals surface area contributed by atoms with E-state index in [4.69, 9.17) is 4.74 Å². The van der Waals surface area contributed by atoms with Crippen molar-refractivity contribution in [3.05, 3.63) is 57.9 Å². The van der Waals surface area contributed by atoms with Crippen LogP contribution in [0.5, 0.6) is 5.75 Å². The maximum Gasteiger partial charge on any atom is 0.281 e. The van der Waals surface area contributed by atoms with Crippen LogP contribution in [0, 0.1) is 13.8 Å². The van der Waals surface area contributed by atoms with Gasteiger partial charge in [0.2, 0.25) is 0 Å². The number of hydrogen-bond acceptors (Lipinski definition) is 5. The number of nitrogens with zero attached hydrogens (tertiary/aromatic N) is 3. The van der Waals surface area contributed by atoms with Gasteiger partial charge >= 0.3 is 0 Å². The minimum atomic E-state index is -0.265. The zero-order valence-corrected chi connectivity index (χ0v) is 17.0. The number of hydrogen-bond donors (Lipinski definition) is 1. The van der Waals surface area contributed by atoms with Crippen molar-refractivity contribution in [1.29, 1.82) is 0 Å². The Bertz CT molecular complexity index is 1210. The summed E-state index contributed by atoms with van der Waals surface area (Å²) in [5.41, 5.74) is 3.35. The molecule has 0 fully saturated rings. The van der Waals surface area contributed by atoms with Crippen LogP contribution < -0.4 is 10.3 Å². The highest BCUT2D eigenvalue weighted by Crippen LogP contribution is 2.32. The van der Waals surface area contributed by atoms with Gasteiger partial charge in [-0.25, -0.2) is 9.73 Å². The van der Waals surface area contributed by atoms with E-state index in [9.17, 15) is 4.79 Å². The topological polar surface area (TPSA) is 72.3 Å². The third kappa shape index (κ3) is 3.49. The number of H-pyrrole nitrogens is 1. The van der Waals surface area contributed by atoms with Crippen molar-refractivity contribution >= 4 is 28.3 Å². The predicted octanol–water partition coefficient (Wildman–Crippen LogP) is 4.52. The molecule has 28 heavy (non-hydrogen) atoms. The zero-order chi connectivity index (χ0) is 19.7. The second kappa shape index (κ2) is 7.67. The molecule has 0 aliphatic carbocycles. The van der Waals surface area contributed by atoms with Gasteiger partial charge in [0.05, 0.1) is 17.5 Å². The van der Waals surface area contributed by atoms with Gasteiger partial charge in [-0.2, -0.15) is 4.98 Å². The molecule has 2 aromatic carbocycles. The first kappa shape index (κ1) is 18.6. The Balaban J connectivity index is 1.78. The lowest BCUT2D eigenvalue weighted by Gasteiger charge is -2.07. The number of aromatic nitrogens is 4. The normalized spacial score (nSPS) is 11.4. The van der Waals surface area contributed by atoms with E-state index in [2.05, 4.69) is 54.3 Å². The van der Waals surface area contributed by atoms with E-state index in [1.165, 1.54) is 22.9 Å². The fraction of sp³-hybridized carbons (Fsp3) is 0.286. The van der Waals surface area contributed by atoms with E-state index in [1.807, 2.05) is 12.1 Å². The number of aryl methyl sites for hydroxylation is 2. The van der Waals surface area contributed by atoms with Gasteiger partial charge in [0.1, 0.15) is 5.75 Å². The molecule has 0 aliphatic rings. The van der Waals surface area contributed by atoms with Gasteiger partial charge in [0, 0.05) is 11.0 Å². The van der Waals surface area contributed by atoms with Crippen molar-refractivity contribution in [2.45, 2.75) is 43.5 Å². The van der Waals surface area contributed by atoms with Crippen molar-refractivity contribution in [3.8, 4) is 5.75 Å². The lowest BCUT2D eigenvalue weighted by atomic mass is 10.2. The molecule has 4 rings (SSSR count). The van der Waals surface area contributed by atoms with Gasteiger partial charge in [-0.1, -0.05) is 42.8 Å². The first-order valence-corrected chi connectivity index (χ1v) is 10.2. The molecule has 0 bridgehead atoms. The molecule has 7 heteroatoms. The standard InChI is InChI=1S/C21H22N4O2S/c1-4-5-10-27-15-7-8-16-17(12-15)25-19(22-20(16)26)21(23-24-25)28-18-9-6-13(2)11-14(18)3/h6-9,11-12,24H,4-5,10H2,1-3H3. The van der Waals surface area contributed by atoms with Crippen molar-refractivity contribution in [3.63, 3.8) is 0 Å². The molecular weight excluding hydrogens is 372 g/mol. The fourth-order valence-corrected chi connectivity index (χ4v) is 3.98. The Labute approximate surface area is 166 Å². The maximum absolute atomic E-state index is 12.6. The smallest absolute Gasteiger partial charge is 0.281 e. The van der Waals surface area contributed by atoms with E-state index in [-0.39, 0.29) is 5.56 Å². The van der Waals surface area contributed by atoms with Crippen LogP contribution in [0.3, 0.4) is 0 Å². The molecule has 1 N–H and O–H groups in total. The summed E-state index contributed by atoms with van der Waals surface area (Å²) in [5, 5.41) is 8.61. The molecular formula is C21H22N4O2S. The largest absolute Gasteiger partial charge is 0.494 e. The Kier molecular flexibility index (Phi) is 5.09. The Hall–Kier alpha value is -2.80. The quantitative estimate of drug-likeness (QED) is 0.487. The number of nitrogens with one attached hydrogen (secondary N) is 1. The minimum Gasteiger partial charge on any atom is -0.494 e. The fourth-order valence-electron chi connectivity index (χ4n) is 3.10. The monoisotopic (exact) mass is 394 g/mol. The van der Waals surface area contributed by atoms with Gasteiger partial charge in [-0.05, 0) is 44.0 Å². The first-order chi connectivity index (χ1) is 13.6. The molecule has 0 atom stereocenters. The highest BCUT2D eigenvalue weighted by atomic mass is 32.2. The number of unbranched alkanes of at least 4 members (excludes halogenated alkanes) is 1. The Morgan fingerprint density at radius 1 is 1.18 bits per heavy atom. The van der Waals surface area contributed by atoms with Gasteiger partial charge < -0.3 is 4.74 Å². The van der Waals surface area contributed by atoms with E-state index in [1.54, 1.807) is 10.6 Å². The molecule has 2 heterocycles. The summed E-state index contributed by atoms with van der Waals surface area (Å²) in [6, 6.07) is 11.7. The molecule has 2 aromatic heterocycles.